The number of carbonyl (C=O) groups excluding carboxylic acids is 1. The molecule has 0 radical (unpaired) electrons. The smallest absolute Gasteiger partial charge is 0.120 e. The first-order chi connectivity index (χ1) is 8.84. The molecule has 0 aromatic rings. The predicted octanol–water partition coefficient (Wildman–Crippen LogP) is 1.98. The molecule has 0 saturated carbocycles. The summed E-state index contributed by atoms with van der Waals surface area (Å²) in [4.78, 5) is 12.6. The van der Waals surface area contributed by atoms with Gasteiger partial charge in [-0.05, 0) is 30.9 Å². The van der Waals surface area contributed by atoms with Crippen LogP contribution in [0, 0.1) is 11.3 Å². The average Bonchev–Trinajstić information content (AvgIpc) is 2.35. The number of carbonyl (C=O) groups is 1. The van der Waals surface area contributed by atoms with Crippen molar-refractivity contribution in [1.82, 2.24) is 4.90 Å². The number of likely N-dealkylation sites (tertiary alicyclic amines) is 1. The van der Waals surface area contributed by atoms with Crippen LogP contribution in [0.4, 0.5) is 0 Å². The molecule has 0 atom stereocenters. The van der Waals surface area contributed by atoms with Gasteiger partial charge in [-0.25, -0.2) is 0 Å². The summed E-state index contributed by atoms with van der Waals surface area (Å²) in [5, 5.41) is 0. The van der Waals surface area contributed by atoms with Crippen LogP contribution >= 0.6 is 0 Å². The van der Waals surface area contributed by atoms with Gasteiger partial charge in [-0.1, -0.05) is 20.8 Å². The second kappa shape index (κ2) is 6.64. The highest BCUT2D eigenvalue weighted by Crippen LogP contribution is 2.22. The van der Waals surface area contributed by atoms with E-state index in [0.717, 1.165) is 43.7 Å². The molecule has 19 heavy (non-hydrogen) atoms. The Morgan fingerprint density at radius 2 is 1.79 bits per heavy atom. The van der Waals surface area contributed by atoms with Gasteiger partial charge in [0.1, 0.15) is 6.29 Å². The van der Waals surface area contributed by atoms with Crippen LogP contribution in [0.2, 0.25) is 0 Å². The molecule has 1 fully saturated rings. The maximum Gasteiger partial charge on any atom is 0.120 e. The van der Waals surface area contributed by atoms with Crippen LogP contribution in [0.25, 0.3) is 0 Å². The minimum absolute atomic E-state index is 0.0340. The molecule has 108 valence electrons. The van der Waals surface area contributed by atoms with E-state index in [-0.39, 0.29) is 5.41 Å². The molecule has 0 aromatic carbocycles. The number of hydrogen-bond acceptors (Lipinski definition) is 4. The molecule has 1 saturated heterocycles. The van der Waals surface area contributed by atoms with E-state index in [0.29, 0.717) is 12.3 Å². The van der Waals surface area contributed by atoms with E-state index in [9.17, 15) is 4.79 Å². The highest BCUT2D eigenvalue weighted by Gasteiger charge is 2.19. The zero-order valence-corrected chi connectivity index (χ0v) is 12.4. The van der Waals surface area contributed by atoms with E-state index in [4.69, 9.17) is 11.5 Å². The number of hydrogen-bond donors (Lipinski definition) is 2. The van der Waals surface area contributed by atoms with Gasteiger partial charge in [-0.2, -0.15) is 0 Å². The lowest BCUT2D eigenvalue weighted by molar-refractivity contribution is -0.108. The first-order valence-electron chi connectivity index (χ1n) is 6.96. The summed E-state index contributed by atoms with van der Waals surface area (Å²) in [6.07, 6.45) is 7.55. The molecule has 1 aliphatic heterocycles. The molecule has 0 bridgehead atoms. The van der Waals surface area contributed by atoms with Crippen molar-refractivity contribution in [3.05, 3.63) is 23.7 Å². The minimum atomic E-state index is -0.0340. The summed E-state index contributed by atoms with van der Waals surface area (Å²) in [5.74, 6) is 1.29. The lowest BCUT2D eigenvalue weighted by Gasteiger charge is -2.32. The van der Waals surface area contributed by atoms with Gasteiger partial charge < -0.3 is 21.2 Å². The van der Waals surface area contributed by atoms with Crippen LogP contribution in [0.15, 0.2) is 23.7 Å². The molecule has 1 aliphatic rings. The Morgan fingerprint density at radius 1 is 1.21 bits per heavy atom. The van der Waals surface area contributed by atoms with E-state index >= 15 is 0 Å². The Kier molecular flexibility index (Phi) is 5.45. The lowest BCUT2D eigenvalue weighted by atomic mass is 9.92. The molecule has 0 spiro atoms. The Bertz CT molecular complexity index is 358. The number of allylic oxidation sites excluding steroid dienone is 3. The topological polar surface area (TPSA) is 72.3 Å². The third-order valence-electron chi connectivity index (χ3n) is 3.71. The van der Waals surface area contributed by atoms with Crippen molar-refractivity contribution in [3.8, 4) is 0 Å². The van der Waals surface area contributed by atoms with Crippen molar-refractivity contribution < 1.29 is 4.79 Å². The summed E-state index contributed by atoms with van der Waals surface area (Å²) >= 11 is 0. The van der Waals surface area contributed by atoms with Gasteiger partial charge in [0.05, 0.1) is 5.82 Å². The summed E-state index contributed by atoms with van der Waals surface area (Å²) < 4.78 is 0. The molecule has 4 nitrogen and oxygen atoms in total. The van der Waals surface area contributed by atoms with Crippen molar-refractivity contribution in [3.63, 3.8) is 0 Å². The molecule has 4 heteroatoms. The van der Waals surface area contributed by atoms with Gasteiger partial charge in [0.2, 0.25) is 0 Å². The van der Waals surface area contributed by atoms with Crippen molar-refractivity contribution in [2.24, 2.45) is 22.8 Å². The van der Waals surface area contributed by atoms with Crippen LogP contribution < -0.4 is 11.5 Å². The van der Waals surface area contributed by atoms with E-state index in [1.807, 2.05) is 12.2 Å². The number of rotatable bonds is 4. The maximum atomic E-state index is 10.5. The molecule has 0 aliphatic carbocycles. The van der Waals surface area contributed by atoms with Crippen LogP contribution in [0.5, 0.6) is 0 Å². The van der Waals surface area contributed by atoms with Crippen LogP contribution in [0.1, 0.15) is 40.0 Å². The zero-order valence-electron chi connectivity index (χ0n) is 12.4. The van der Waals surface area contributed by atoms with Crippen molar-refractivity contribution >= 4 is 6.29 Å². The van der Waals surface area contributed by atoms with Crippen LogP contribution in [-0.2, 0) is 4.79 Å². The molecule has 1 rings (SSSR count). The highest BCUT2D eigenvalue weighted by atomic mass is 16.1. The van der Waals surface area contributed by atoms with Crippen LogP contribution in [0.3, 0.4) is 0 Å². The fourth-order valence-electron chi connectivity index (χ4n) is 2.09. The lowest BCUT2D eigenvalue weighted by Crippen LogP contribution is -2.36. The Hall–Kier alpha value is -1.45. The van der Waals surface area contributed by atoms with Gasteiger partial charge in [0.25, 0.3) is 0 Å². The Balaban J connectivity index is 2.55. The van der Waals surface area contributed by atoms with E-state index < -0.39 is 0 Å². The first-order valence-corrected chi connectivity index (χ1v) is 6.96. The quantitative estimate of drug-likeness (QED) is 0.602. The summed E-state index contributed by atoms with van der Waals surface area (Å²) in [6.45, 7) is 8.07. The molecule has 4 N–H and O–H groups in total. The van der Waals surface area contributed by atoms with Crippen LogP contribution in [-0.4, -0.2) is 24.3 Å². The van der Waals surface area contributed by atoms with Crippen molar-refractivity contribution in [2.75, 3.05) is 13.1 Å². The Labute approximate surface area is 116 Å². The molecule has 0 unspecified atom stereocenters. The zero-order chi connectivity index (χ0) is 14.5. The SMILES string of the molecule is CC(C)(C)/C(N)=C/C=C(\N)N1CCC(CC=O)CC1. The van der Waals surface area contributed by atoms with Gasteiger partial charge >= 0.3 is 0 Å². The maximum absolute atomic E-state index is 10.5. The standard InChI is InChI=1S/C15H27N3O/c1-15(2,3)13(16)4-5-14(17)18-9-6-12(7-10-18)8-11-19/h4-5,11-12H,6-10,16-17H2,1-3H3/b13-4-,14-5+. The number of nitrogens with zero attached hydrogens (tertiary/aromatic N) is 1. The van der Waals surface area contributed by atoms with E-state index in [2.05, 4.69) is 25.7 Å². The Morgan fingerprint density at radius 3 is 2.26 bits per heavy atom. The van der Waals surface area contributed by atoms with Crippen molar-refractivity contribution in [1.29, 1.82) is 0 Å². The van der Waals surface area contributed by atoms with Gasteiger partial charge in [0, 0.05) is 30.6 Å². The van der Waals surface area contributed by atoms with E-state index in [1.54, 1.807) is 0 Å². The molecule has 0 aromatic heterocycles. The van der Waals surface area contributed by atoms with E-state index in [1.165, 1.54) is 0 Å². The summed E-state index contributed by atoms with van der Waals surface area (Å²) in [5.41, 5.74) is 12.9. The third kappa shape index (κ3) is 4.97. The van der Waals surface area contributed by atoms with Gasteiger partial charge in [-0.3, -0.25) is 0 Å². The fraction of sp³-hybridized carbons (Fsp3) is 0.667. The second-order valence-corrected chi connectivity index (χ2v) is 6.30. The summed E-state index contributed by atoms with van der Waals surface area (Å²) in [7, 11) is 0. The fourth-order valence-corrected chi connectivity index (χ4v) is 2.09. The second-order valence-electron chi connectivity index (χ2n) is 6.30. The number of aldehydes is 1. The van der Waals surface area contributed by atoms with Crippen molar-refractivity contribution in [2.45, 2.75) is 40.0 Å². The number of piperidine rings is 1. The third-order valence-corrected chi connectivity index (χ3v) is 3.71. The molecule has 0 amide bonds. The van der Waals surface area contributed by atoms with Gasteiger partial charge in [-0.15, -0.1) is 0 Å². The number of nitrogens with two attached hydrogens (primary N) is 2. The highest BCUT2D eigenvalue weighted by molar-refractivity contribution is 5.49. The summed E-state index contributed by atoms with van der Waals surface area (Å²) in [6, 6.07) is 0. The largest absolute Gasteiger partial charge is 0.402 e. The monoisotopic (exact) mass is 265 g/mol. The molecular formula is C15H27N3O. The minimum Gasteiger partial charge on any atom is -0.402 e. The predicted molar refractivity (Wildman–Crippen MR) is 79.0 cm³/mol. The molecular weight excluding hydrogens is 238 g/mol. The first kappa shape index (κ1) is 15.6. The normalized spacial score (nSPS) is 19.6. The van der Waals surface area contributed by atoms with Gasteiger partial charge in [0.15, 0.2) is 0 Å². The molecule has 1 heterocycles. The average molecular weight is 265 g/mol.